The Hall–Kier alpha value is -3.92. The number of hydrogen-bond acceptors (Lipinski definition) is 5. The van der Waals surface area contributed by atoms with Crippen molar-refractivity contribution in [1.29, 1.82) is 0 Å². The normalized spacial score (nSPS) is 10.7. The number of nitrogens with two attached hydrogens (primary N) is 1. The van der Waals surface area contributed by atoms with Crippen molar-refractivity contribution in [3.05, 3.63) is 83.0 Å². The molecule has 7 nitrogen and oxygen atoms in total. The Labute approximate surface area is 172 Å². The highest BCUT2D eigenvalue weighted by Gasteiger charge is 2.20. The van der Waals surface area contributed by atoms with Gasteiger partial charge in [-0.2, -0.15) is 0 Å². The molecule has 3 N–H and O–H groups in total. The molecule has 2 heterocycles. The first kappa shape index (κ1) is 19.4. The van der Waals surface area contributed by atoms with Crippen molar-refractivity contribution in [2.75, 3.05) is 5.32 Å². The standard InChI is InChI=1S/C20H13F2N5O2S/c21-11-3-6-13(7-4-11)27-19(16-2-1-9-30-16)25-18(26-27)20(29)24-12-5-8-15(22)14(10-12)17(23)28/h1-10H,(H2,23,28)(H,24,29). The van der Waals surface area contributed by atoms with Gasteiger partial charge in [0.2, 0.25) is 5.82 Å². The molecule has 0 unspecified atom stereocenters. The molecule has 0 fully saturated rings. The van der Waals surface area contributed by atoms with Gasteiger partial charge in [0.1, 0.15) is 11.6 Å². The monoisotopic (exact) mass is 425 g/mol. The highest BCUT2D eigenvalue weighted by molar-refractivity contribution is 7.13. The third kappa shape index (κ3) is 3.80. The predicted octanol–water partition coefficient (Wildman–Crippen LogP) is 3.63. The van der Waals surface area contributed by atoms with E-state index in [0.717, 1.165) is 17.0 Å². The summed E-state index contributed by atoms with van der Waals surface area (Å²) in [5, 5.41) is 8.62. The topological polar surface area (TPSA) is 103 Å². The second-order valence-electron chi connectivity index (χ2n) is 6.14. The molecule has 0 spiro atoms. The van der Waals surface area contributed by atoms with Crippen molar-refractivity contribution in [1.82, 2.24) is 14.8 Å². The summed E-state index contributed by atoms with van der Waals surface area (Å²) in [5.74, 6) is -2.58. The molecule has 150 valence electrons. The van der Waals surface area contributed by atoms with E-state index in [1.54, 1.807) is 0 Å². The van der Waals surface area contributed by atoms with Gasteiger partial charge in [-0.1, -0.05) is 6.07 Å². The van der Waals surface area contributed by atoms with Crippen LogP contribution in [0.4, 0.5) is 14.5 Å². The van der Waals surface area contributed by atoms with Gasteiger partial charge < -0.3 is 11.1 Å². The van der Waals surface area contributed by atoms with Crippen molar-refractivity contribution in [3.8, 4) is 16.4 Å². The SMILES string of the molecule is NC(=O)c1cc(NC(=O)c2nc(-c3cccs3)n(-c3ccc(F)cc3)n2)ccc1F. The molecule has 30 heavy (non-hydrogen) atoms. The molecule has 0 radical (unpaired) electrons. The summed E-state index contributed by atoms with van der Waals surface area (Å²) >= 11 is 1.40. The molecule has 0 saturated carbocycles. The van der Waals surface area contributed by atoms with Crippen LogP contribution >= 0.6 is 11.3 Å². The fourth-order valence-corrected chi connectivity index (χ4v) is 3.41. The van der Waals surface area contributed by atoms with Gasteiger partial charge in [0.25, 0.3) is 11.8 Å². The Morgan fingerprint density at radius 1 is 1.07 bits per heavy atom. The Morgan fingerprint density at radius 2 is 1.83 bits per heavy atom. The van der Waals surface area contributed by atoms with Crippen molar-refractivity contribution in [2.45, 2.75) is 0 Å². The first-order valence-corrected chi connectivity index (χ1v) is 9.48. The third-order valence-electron chi connectivity index (χ3n) is 4.11. The maximum Gasteiger partial charge on any atom is 0.295 e. The minimum atomic E-state index is -0.956. The van der Waals surface area contributed by atoms with Crippen LogP contribution in [-0.2, 0) is 0 Å². The van der Waals surface area contributed by atoms with Crippen molar-refractivity contribution < 1.29 is 18.4 Å². The summed E-state index contributed by atoms with van der Waals surface area (Å²) in [6.07, 6.45) is 0. The number of anilines is 1. The number of primary amides is 1. The lowest BCUT2D eigenvalue weighted by Gasteiger charge is -2.05. The Balaban J connectivity index is 1.70. The quantitative estimate of drug-likeness (QED) is 0.510. The molecule has 0 atom stereocenters. The minimum absolute atomic E-state index is 0.158. The average molecular weight is 425 g/mol. The van der Waals surface area contributed by atoms with Crippen LogP contribution in [0.1, 0.15) is 21.0 Å². The van der Waals surface area contributed by atoms with Gasteiger partial charge in [-0.3, -0.25) is 9.59 Å². The summed E-state index contributed by atoms with van der Waals surface area (Å²) in [4.78, 5) is 29.1. The lowest BCUT2D eigenvalue weighted by molar-refractivity contribution is 0.0991. The minimum Gasteiger partial charge on any atom is -0.366 e. The lowest BCUT2D eigenvalue weighted by Crippen LogP contribution is -2.17. The van der Waals surface area contributed by atoms with E-state index in [4.69, 9.17) is 5.73 Å². The van der Waals surface area contributed by atoms with Crippen LogP contribution in [0.5, 0.6) is 0 Å². The van der Waals surface area contributed by atoms with Gasteiger partial charge in [0, 0.05) is 5.69 Å². The lowest BCUT2D eigenvalue weighted by atomic mass is 10.2. The Morgan fingerprint density at radius 3 is 2.50 bits per heavy atom. The molecule has 0 saturated heterocycles. The smallest absolute Gasteiger partial charge is 0.295 e. The highest BCUT2D eigenvalue weighted by atomic mass is 32.1. The number of aromatic nitrogens is 3. The number of nitrogens with one attached hydrogen (secondary N) is 1. The zero-order valence-corrected chi connectivity index (χ0v) is 16.0. The number of nitrogens with zero attached hydrogens (tertiary/aromatic N) is 3. The number of halogens is 2. The van der Waals surface area contributed by atoms with Crippen molar-refractivity contribution >= 4 is 28.8 Å². The van der Waals surface area contributed by atoms with Crippen LogP contribution < -0.4 is 11.1 Å². The first-order valence-electron chi connectivity index (χ1n) is 8.60. The number of rotatable bonds is 5. The summed E-state index contributed by atoms with van der Waals surface area (Å²) in [5.41, 5.74) is 5.46. The van der Waals surface area contributed by atoms with E-state index < -0.39 is 23.4 Å². The first-order chi connectivity index (χ1) is 14.4. The van der Waals surface area contributed by atoms with E-state index in [0.29, 0.717) is 11.5 Å². The van der Waals surface area contributed by atoms with Crippen LogP contribution in [-0.4, -0.2) is 26.6 Å². The zero-order chi connectivity index (χ0) is 21.3. The second-order valence-corrected chi connectivity index (χ2v) is 7.09. The molecule has 0 aliphatic carbocycles. The Bertz CT molecular complexity index is 1240. The molecular weight excluding hydrogens is 412 g/mol. The largest absolute Gasteiger partial charge is 0.366 e. The maximum absolute atomic E-state index is 13.6. The molecule has 0 bridgehead atoms. The molecule has 2 aromatic carbocycles. The number of carbonyl (C=O) groups is 2. The zero-order valence-electron chi connectivity index (χ0n) is 15.2. The summed E-state index contributed by atoms with van der Waals surface area (Å²) in [6, 6.07) is 12.7. The van der Waals surface area contributed by atoms with Gasteiger partial charge in [0.05, 0.1) is 16.1 Å². The van der Waals surface area contributed by atoms with E-state index in [2.05, 4.69) is 15.4 Å². The fourth-order valence-electron chi connectivity index (χ4n) is 2.71. The number of carbonyl (C=O) groups excluding carboxylic acids is 2. The second kappa shape index (κ2) is 7.84. The number of benzene rings is 2. The van der Waals surface area contributed by atoms with Gasteiger partial charge in [-0.05, 0) is 53.9 Å². The van der Waals surface area contributed by atoms with Gasteiger partial charge in [0.15, 0.2) is 5.82 Å². The maximum atomic E-state index is 13.6. The molecule has 0 aliphatic rings. The predicted molar refractivity (Wildman–Crippen MR) is 108 cm³/mol. The Kier molecular flexibility index (Phi) is 5.07. The number of amides is 2. The van der Waals surface area contributed by atoms with Gasteiger partial charge in [-0.25, -0.2) is 18.4 Å². The molecule has 2 amide bonds. The van der Waals surface area contributed by atoms with E-state index in [1.165, 1.54) is 46.4 Å². The molecular formula is C20H13F2N5O2S. The van der Waals surface area contributed by atoms with E-state index in [9.17, 15) is 18.4 Å². The van der Waals surface area contributed by atoms with Crippen molar-refractivity contribution in [3.63, 3.8) is 0 Å². The van der Waals surface area contributed by atoms with Crippen molar-refractivity contribution in [2.24, 2.45) is 5.73 Å². The molecule has 0 aliphatic heterocycles. The molecule has 10 heteroatoms. The van der Waals surface area contributed by atoms with Crippen LogP contribution in [0.2, 0.25) is 0 Å². The summed E-state index contributed by atoms with van der Waals surface area (Å²) < 4.78 is 28.4. The van der Waals surface area contributed by atoms with Crippen LogP contribution in [0, 0.1) is 11.6 Å². The highest BCUT2D eigenvalue weighted by Crippen LogP contribution is 2.26. The summed E-state index contributed by atoms with van der Waals surface area (Å²) in [6.45, 7) is 0. The average Bonchev–Trinajstić information content (AvgIpc) is 3.39. The van der Waals surface area contributed by atoms with E-state index >= 15 is 0 Å². The van der Waals surface area contributed by atoms with Gasteiger partial charge >= 0.3 is 0 Å². The fraction of sp³-hybridized carbons (Fsp3) is 0. The molecule has 4 rings (SSSR count). The van der Waals surface area contributed by atoms with Crippen LogP contribution in [0.25, 0.3) is 16.4 Å². The van der Waals surface area contributed by atoms with Crippen LogP contribution in [0.3, 0.4) is 0 Å². The van der Waals surface area contributed by atoms with Gasteiger partial charge in [-0.15, -0.1) is 16.4 Å². The van der Waals surface area contributed by atoms with E-state index in [1.807, 2.05) is 17.5 Å². The summed E-state index contributed by atoms with van der Waals surface area (Å²) in [7, 11) is 0. The number of thiophene rings is 1. The van der Waals surface area contributed by atoms with Crippen LogP contribution in [0.15, 0.2) is 60.0 Å². The molecule has 4 aromatic rings. The van der Waals surface area contributed by atoms with E-state index in [-0.39, 0.29) is 17.1 Å². The molecule has 2 aromatic heterocycles. The third-order valence-corrected chi connectivity index (χ3v) is 4.98. The number of hydrogen-bond donors (Lipinski definition) is 2.